The van der Waals surface area contributed by atoms with Gasteiger partial charge in [0.2, 0.25) is 0 Å². The molecule has 1 aromatic carbocycles. The van der Waals surface area contributed by atoms with Crippen molar-refractivity contribution in [3.8, 4) is 0 Å². The molecule has 3 rings (SSSR count). The maximum Gasteiger partial charge on any atom is 0.0726 e. The second kappa shape index (κ2) is 6.44. The van der Waals surface area contributed by atoms with E-state index in [9.17, 15) is 0 Å². The summed E-state index contributed by atoms with van der Waals surface area (Å²) in [5.74, 6) is 0.908. The number of fused-ring (bicyclic) bond motifs is 1. The third kappa shape index (κ3) is 3.03. The first-order valence-corrected chi connectivity index (χ1v) is 8.10. The van der Waals surface area contributed by atoms with Crippen LogP contribution >= 0.6 is 0 Å². The van der Waals surface area contributed by atoms with E-state index in [0.29, 0.717) is 0 Å². The molecule has 0 bridgehead atoms. The molecular formula is C18H25N3. The van der Waals surface area contributed by atoms with Crippen molar-refractivity contribution < 1.29 is 0 Å². The van der Waals surface area contributed by atoms with Gasteiger partial charge in [-0.1, -0.05) is 31.5 Å². The molecule has 2 aromatic rings. The van der Waals surface area contributed by atoms with Gasteiger partial charge in [0, 0.05) is 30.7 Å². The van der Waals surface area contributed by atoms with Crippen LogP contribution in [0.4, 0.5) is 5.69 Å². The van der Waals surface area contributed by atoms with Gasteiger partial charge < -0.3 is 10.2 Å². The van der Waals surface area contributed by atoms with Gasteiger partial charge in [0.1, 0.15) is 0 Å². The Balaban J connectivity index is 1.96. The zero-order valence-corrected chi connectivity index (χ0v) is 13.1. The summed E-state index contributed by atoms with van der Waals surface area (Å²) in [6, 6.07) is 10.8. The van der Waals surface area contributed by atoms with Crippen molar-refractivity contribution in [1.29, 1.82) is 0 Å². The van der Waals surface area contributed by atoms with Gasteiger partial charge in [-0.2, -0.15) is 0 Å². The maximum absolute atomic E-state index is 4.76. The highest BCUT2D eigenvalue weighted by Gasteiger charge is 2.20. The standard InChI is InChI=1S/C18H25N3/c1-3-14-8-10-21(11-9-14)18-12-15(13-19-2)20-17-7-5-4-6-16(17)18/h4-7,12,14,19H,3,8-11,13H2,1-2H3. The van der Waals surface area contributed by atoms with Gasteiger partial charge in [0.05, 0.1) is 11.2 Å². The topological polar surface area (TPSA) is 28.2 Å². The number of rotatable bonds is 4. The minimum atomic E-state index is 0.823. The molecule has 0 amide bonds. The third-order valence-corrected chi connectivity index (χ3v) is 4.64. The van der Waals surface area contributed by atoms with E-state index in [4.69, 9.17) is 4.98 Å². The second-order valence-corrected chi connectivity index (χ2v) is 6.02. The normalized spacial score (nSPS) is 16.6. The number of nitrogens with one attached hydrogen (secondary N) is 1. The fraction of sp³-hybridized carbons (Fsp3) is 0.500. The van der Waals surface area contributed by atoms with Gasteiger partial charge in [-0.05, 0) is 37.9 Å². The number of piperidine rings is 1. The second-order valence-electron chi connectivity index (χ2n) is 6.02. The van der Waals surface area contributed by atoms with Crippen molar-refractivity contribution >= 4 is 16.6 Å². The monoisotopic (exact) mass is 283 g/mol. The van der Waals surface area contributed by atoms with Crippen LogP contribution in [0.2, 0.25) is 0 Å². The first-order valence-electron chi connectivity index (χ1n) is 8.10. The molecule has 2 heterocycles. The first kappa shape index (κ1) is 14.3. The van der Waals surface area contributed by atoms with Crippen LogP contribution in [-0.2, 0) is 6.54 Å². The van der Waals surface area contributed by atoms with Crippen LogP contribution < -0.4 is 10.2 Å². The van der Waals surface area contributed by atoms with Crippen LogP contribution in [0.15, 0.2) is 30.3 Å². The minimum absolute atomic E-state index is 0.823. The molecule has 1 N–H and O–H groups in total. The van der Waals surface area contributed by atoms with Crippen LogP contribution in [0.1, 0.15) is 31.9 Å². The molecule has 1 fully saturated rings. The number of hydrogen-bond acceptors (Lipinski definition) is 3. The van der Waals surface area contributed by atoms with E-state index in [0.717, 1.165) is 23.7 Å². The van der Waals surface area contributed by atoms with Crippen LogP contribution in [0.3, 0.4) is 0 Å². The van der Waals surface area contributed by atoms with Crippen LogP contribution in [-0.4, -0.2) is 25.1 Å². The molecule has 0 aliphatic carbocycles. The van der Waals surface area contributed by atoms with Crippen molar-refractivity contribution in [3.63, 3.8) is 0 Å². The minimum Gasteiger partial charge on any atom is -0.371 e. The molecular weight excluding hydrogens is 258 g/mol. The summed E-state index contributed by atoms with van der Waals surface area (Å²) < 4.78 is 0. The predicted molar refractivity (Wildman–Crippen MR) is 89.7 cm³/mol. The molecule has 0 saturated carbocycles. The molecule has 112 valence electrons. The lowest BCUT2D eigenvalue weighted by Crippen LogP contribution is -2.33. The zero-order valence-electron chi connectivity index (χ0n) is 13.1. The van der Waals surface area contributed by atoms with Gasteiger partial charge in [-0.25, -0.2) is 0 Å². The molecule has 1 aliphatic heterocycles. The molecule has 0 radical (unpaired) electrons. The Kier molecular flexibility index (Phi) is 4.39. The Hall–Kier alpha value is -1.61. The Morgan fingerprint density at radius 3 is 2.71 bits per heavy atom. The molecule has 3 nitrogen and oxygen atoms in total. The molecule has 1 saturated heterocycles. The Bertz CT molecular complexity index is 600. The van der Waals surface area contributed by atoms with Crippen LogP contribution in [0.25, 0.3) is 10.9 Å². The van der Waals surface area contributed by atoms with Crippen molar-refractivity contribution in [1.82, 2.24) is 10.3 Å². The highest BCUT2D eigenvalue weighted by atomic mass is 15.1. The van der Waals surface area contributed by atoms with E-state index < -0.39 is 0 Å². The number of pyridine rings is 1. The SMILES string of the molecule is CCC1CCN(c2cc(CNC)nc3ccccc23)CC1. The smallest absolute Gasteiger partial charge is 0.0726 e. The highest BCUT2D eigenvalue weighted by Crippen LogP contribution is 2.31. The summed E-state index contributed by atoms with van der Waals surface area (Å²) >= 11 is 0. The van der Waals surface area contributed by atoms with E-state index >= 15 is 0 Å². The average molecular weight is 283 g/mol. The van der Waals surface area contributed by atoms with E-state index in [2.05, 4.69) is 47.5 Å². The average Bonchev–Trinajstić information content (AvgIpc) is 2.54. The van der Waals surface area contributed by atoms with Crippen molar-refractivity contribution in [3.05, 3.63) is 36.0 Å². The van der Waals surface area contributed by atoms with Gasteiger partial charge in [-0.15, -0.1) is 0 Å². The zero-order chi connectivity index (χ0) is 14.7. The summed E-state index contributed by atoms with van der Waals surface area (Å²) in [5, 5.41) is 4.50. The number of hydrogen-bond donors (Lipinski definition) is 1. The largest absolute Gasteiger partial charge is 0.371 e. The molecule has 1 aliphatic rings. The molecule has 0 atom stereocenters. The number of nitrogens with zero attached hydrogens (tertiary/aromatic N) is 2. The summed E-state index contributed by atoms with van der Waals surface area (Å²) in [6.07, 6.45) is 3.94. The fourth-order valence-corrected chi connectivity index (χ4v) is 3.33. The van der Waals surface area contributed by atoms with E-state index in [1.54, 1.807) is 0 Å². The van der Waals surface area contributed by atoms with E-state index in [1.807, 2.05) is 7.05 Å². The quantitative estimate of drug-likeness (QED) is 0.929. The third-order valence-electron chi connectivity index (χ3n) is 4.64. The summed E-state index contributed by atoms with van der Waals surface area (Å²) in [5.41, 5.74) is 3.60. The summed E-state index contributed by atoms with van der Waals surface area (Å²) in [7, 11) is 1.98. The molecule has 21 heavy (non-hydrogen) atoms. The lowest BCUT2D eigenvalue weighted by Gasteiger charge is -2.34. The number of benzene rings is 1. The Morgan fingerprint density at radius 1 is 1.24 bits per heavy atom. The summed E-state index contributed by atoms with van der Waals surface area (Å²) in [4.78, 5) is 7.31. The van der Waals surface area contributed by atoms with Crippen LogP contribution in [0.5, 0.6) is 0 Å². The van der Waals surface area contributed by atoms with Gasteiger partial charge >= 0.3 is 0 Å². The van der Waals surface area contributed by atoms with Crippen molar-refractivity contribution in [2.24, 2.45) is 5.92 Å². The van der Waals surface area contributed by atoms with Crippen molar-refractivity contribution in [2.75, 3.05) is 25.0 Å². The fourth-order valence-electron chi connectivity index (χ4n) is 3.33. The van der Waals surface area contributed by atoms with Crippen molar-refractivity contribution in [2.45, 2.75) is 32.7 Å². The van der Waals surface area contributed by atoms with Crippen LogP contribution in [0, 0.1) is 5.92 Å². The van der Waals surface area contributed by atoms with E-state index in [1.165, 1.54) is 43.4 Å². The molecule has 3 heteroatoms. The van der Waals surface area contributed by atoms with Gasteiger partial charge in [-0.3, -0.25) is 4.98 Å². The Morgan fingerprint density at radius 2 is 2.00 bits per heavy atom. The molecule has 1 aromatic heterocycles. The van der Waals surface area contributed by atoms with Gasteiger partial charge in [0.25, 0.3) is 0 Å². The molecule has 0 spiro atoms. The highest BCUT2D eigenvalue weighted by molar-refractivity contribution is 5.92. The maximum atomic E-state index is 4.76. The lowest BCUT2D eigenvalue weighted by molar-refractivity contribution is 0.395. The first-order chi connectivity index (χ1) is 10.3. The van der Waals surface area contributed by atoms with E-state index in [-0.39, 0.29) is 0 Å². The lowest BCUT2D eigenvalue weighted by atomic mass is 9.94. The Labute approximate surface area is 127 Å². The van der Waals surface area contributed by atoms with Gasteiger partial charge in [0.15, 0.2) is 0 Å². The number of aromatic nitrogens is 1. The summed E-state index contributed by atoms with van der Waals surface area (Å²) in [6.45, 7) is 5.48. The number of anilines is 1. The predicted octanol–water partition coefficient (Wildman–Crippen LogP) is 3.58. The number of para-hydroxylation sites is 1. The molecule has 0 unspecified atom stereocenters.